The maximum Gasteiger partial charge on any atom is 0.220 e. The first-order valence-electron chi connectivity index (χ1n) is 12.1. The van der Waals surface area contributed by atoms with Crippen molar-refractivity contribution >= 4 is 46.1 Å². The van der Waals surface area contributed by atoms with Crippen molar-refractivity contribution in [3.05, 3.63) is 77.2 Å². The minimum Gasteiger partial charge on any atom is -0.368 e. The Kier molecular flexibility index (Phi) is 8.83. The summed E-state index contributed by atoms with van der Waals surface area (Å²) in [5, 5.41) is 1.50. The van der Waals surface area contributed by atoms with Gasteiger partial charge in [-0.25, -0.2) is 14.4 Å². The van der Waals surface area contributed by atoms with Crippen LogP contribution in [-0.4, -0.2) is 9.97 Å². The van der Waals surface area contributed by atoms with Gasteiger partial charge in [0.2, 0.25) is 5.95 Å². The maximum absolute atomic E-state index is 14.7. The summed E-state index contributed by atoms with van der Waals surface area (Å²) in [4.78, 5) is 9.25. The van der Waals surface area contributed by atoms with Gasteiger partial charge >= 0.3 is 0 Å². The molecule has 182 valence electrons. The van der Waals surface area contributed by atoms with Gasteiger partial charge in [-0.1, -0.05) is 75.2 Å². The zero-order valence-corrected chi connectivity index (χ0v) is 21.4. The van der Waals surface area contributed by atoms with Gasteiger partial charge in [0.1, 0.15) is 5.82 Å². The molecular formula is C28H30ClFN4S. The zero-order valence-electron chi connectivity index (χ0n) is 19.9. The summed E-state index contributed by atoms with van der Waals surface area (Å²) in [5.74, 6) is -0.0915. The number of nitrogen functional groups attached to an aromatic ring is 1. The van der Waals surface area contributed by atoms with Gasteiger partial charge in [0.25, 0.3) is 0 Å². The Bertz CT molecular complexity index is 1280. The first-order valence-corrected chi connectivity index (χ1v) is 13.3. The number of hydrogen-bond acceptors (Lipinski definition) is 5. The molecule has 0 spiro atoms. The number of nitrogens with zero attached hydrogens (tertiary/aromatic N) is 2. The fraction of sp³-hybridized carbons (Fsp3) is 0.286. The number of fused-ring (bicyclic) bond motifs is 1. The van der Waals surface area contributed by atoms with E-state index in [-0.39, 0.29) is 11.8 Å². The summed E-state index contributed by atoms with van der Waals surface area (Å²) in [5.41, 5.74) is 9.69. The van der Waals surface area contributed by atoms with Gasteiger partial charge < -0.3 is 10.5 Å². The third-order valence-corrected chi connectivity index (χ3v) is 7.41. The molecular weight excluding hydrogens is 479 g/mol. The molecule has 0 atom stereocenters. The van der Waals surface area contributed by atoms with E-state index < -0.39 is 0 Å². The molecule has 1 aliphatic rings. The van der Waals surface area contributed by atoms with E-state index in [1.807, 2.05) is 36.4 Å². The number of nitrogens with one attached hydrogen (secondary N) is 1. The summed E-state index contributed by atoms with van der Waals surface area (Å²) >= 11 is 7.42. The van der Waals surface area contributed by atoms with Crippen molar-refractivity contribution in [1.82, 2.24) is 9.97 Å². The largest absolute Gasteiger partial charge is 0.368 e. The second-order valence-corrected chi connectivity index (χ2v) is 9.86. The summed E-state index contributed by atoms with van der Waals surface area (Å²) < 4.78 is 17.8. The fourth-order valence-electron chi connectivity index (χ4n) is 4.14. The Morgan fingerprint density at radius 1 is 0.971 bits per heavy atom. The fourth-order valence-corrected chi connectivity index (χ4v) is 5.09. The number of anilines is 2. The molecule has 3 N–H and O–H groups in total. The van der Waals surface area contributed by atoms with Gasteiger partial charge in [-0.3, -0.25) is 0 Å². The highest BCUT2D eigenvalue weighted by molar-refractivity contribution is 8.00. The second-order valence-electron chi connectivity index (χ2n) is 8.61. The van der Waals surface area contributed by atoms with Crippen LogP contribution in [0, 0.1) is 5.82 Å². The average Bonchev–Trinajstić information content (AvgIpc) is 2.89. The molecule has 0 amide bonds. The topological polar surface area (TPSA) is 63.8 Å². The van der Waals surface area contributed by atoms with Crippen LogP contribution in [0.3, 0.4) is 0 Å². The van der Waals surface area contributed by atoms with Crippen LogP contribution in [0.2, 0.25) is 5.02 Å². The SMILES string of the molecule is C1CCCCC1.CCc1cc(-c2ccc(NSc3ccccc3Cl)c(F)c2)cc2cnc(N)nc12. The molecule has 3 aromatic carbocycles. The Balaban J connectivity index is 0.000000421. The standard InChI is InChI=1S/C22H18ClFN4S.C6H12/c1-2-13-9-15(10-16-12-26-22(25)27-21(13)16)14-7-8-19(18(24)11-14)28-29-20-6-4-3-5-17(20)23;1-2-4-6-5-3-1/h3-12,28H,2H2,1H3,(H2,25,26,27);1-6H2. The smallest absolute Gasteiger partial charge is 0.220 e. The molecule has 5 rings (SSSR count). The van der Waals surface area contributed by atoms with Crippen molar-refractivity contribution in [3.63, 3.8) is 0 Å². The summed E-state index contributed by atoms with van der Waals surface area (Å²) in [6.45, 7) is 2.05. The molecule has 0 unspecified atom stereocenters. The lowest BCUT2D eigenvalue weighted by Gasteiger charge is -2.11. The number of aromatic nitrogens is 2. The number of rotatable bonds is 5. The number of nitrogens with two attached hydrogens (primary N) is 1. The molecule has 35 heavy (non-hydrogen) atoms. The number of benzene rings is 3. The highest BCUT2D eigenvalue weighted by Crippen LogP contribution is 2.32. The van der Waals surface area contributed by atoms with Crippen molar-refractivity contribution < 1.29 is 4.39 Å². The predicted molar refractivity (Wildman–Crippen MR) is 147 cm³/mol. The van der Waals surface area contributed by atoms with E-state index in [2.05, 4.69) is 21.6 Å². The van der Waals surface area contributed by atoms with E-state index in [1.54, 1.807) is 18.3 Å². The second kappa shape index (κ2) is 12.2. The van der Waals surface area contributed by atoms with Crippen LogP contribution in [-0.2, 0) is 6.42 Å². The van der Waals surface area contributed by atoms with Gasteiger partial charge in [-0.05, 0) is 71.5 Å². The maximum atomic E-state index is 14.7. The van der Waals surface area contributed by atoms with E-state index in [4.69, 9.17) is 17.3 Å². The Labute approximate surface area is 215 Å². The molecule has 1 aromatic heterocycles. The third kappa shape index (κ3) is 6.65. The van der Waals surface area contributed by atoms with Crippen molar-refractivity contribution in [2.75, 3.05) is 10.5 Å². The molecule has 0 saturated heterocycles. The van der Waals surface area contributed by atoms with Crippen molar-refractivity contribution in [2.45, 2.75) is 56.8 Å². The molecule has 1 fully saturated rings. The lowest BCUT2D eigenvalue weighted by molar-refractivity contribution is 0.504. The van der Waals surface area contributed by atoms with Gasteiger partial charge in [0.15, 0.2) is 0 Å². The molecule has 0 aliphatic heterocycles. The molecule has 0 radical (unpaired) electrons. The minimum atomic E-state index is -0.339. The van der Waals surface area contributed by atoms with Crippen LogP contribution in [0.4, 0.5) is 16.0 Å². The average molecular weight is 509 g/mol. The Morgan fingerprint density at radius 2 is 1.69 bits per heavy atom. The zero-order chi connectivity index (χ0) is 24.6. The van der Waals surface area contributed by atoms with E-state index >= 15 is 0 Å². The van der Waals surface area contributed by atoms with E-state index in [0.717, 1.165) is 38.9 Å². The summed E-state index contributed by atoms with van der Waals surface area (Å²) in [6.07, 6.45) is 11.5. The monoisotopic (exact) mass is 508 g/mol. The van der Waals surface area contributed by atoms with Crippen LogP contribution in [0.15, 0.2) is 65.7 Å². The first kappa shape index (κ1) is 25.3. The van der Waals surface area contributed by atoms with E-state index in [1.165, 1.54) is 56.5 Å². The molecule has 4 aromatic rings. The summed E-state index contributed by atoms with van der Waals surface area (Å²) in [7, 11) is 0. The van der Waals surface area contributed by atoms with Crippen molar-refractivity contribution in [1.29, 1.82) is 0 Å². The van der Waals surface area contributed by atoms with Gasteiger partial charge in [0, 0.05) is 16.5 Å². The molecule has 1 heterocycles. The van der Waals surface area contributed by atoms with E-state index in [0.29, 0.717) is 10.7 Å². The molecule has 0 bridgehead atoms. The Hall–Kier alpha value is -2.83. The molecule has 7 heteroatoms. The van der Waals surface area contributed by atoms with Crippen LogP contribution < -0.4 is 10.5 Å². The van der Waals surface area contributed by atoms with Gasteiger partial charge in [-0.15, -0.1) is 0 Å². The number of hydrogen-bond donors (Lipinski definition) is 2. The third-order valence-electron chi connectivity index (χ3n) is 6.07. The van der Waals surface area contributed by atoms with E-state index in [9.17, 15) is 4.39 Å². The summed E-state index contributed by atoms with van der Waals surface area (Å²) in [6, 6.07) is 16.5. The van der Waals surface area contributed by atoms with Gasteiger partial charge in [-0.2, -0.15) is 0 Å². The highest BCUT2D eigenvalue weighted by Gasteiger charge is 2.11. The van der Waals surface area contributed by atoms with Crippen LogP contribution >= 0.6 is 23.5 Å². The first-order chi connectivity index (χ1) is 17.0. The van der Waals surface area contributed by atoms with Crippen molar-refractivity contribution in [3.8, 4) is 11.1 Å². The predicted octanol–water partition coefficient (Wildman–Crippen LogP) is 8.69. The highest BCUT2D eigenvalue weighted by atomic mass is 35.5. The lowest BCUT2D eigenvalue weighted by Crippen LogP contribution is -1.97. The quantitative estimate of drug-likeness (QED) is 0.264. The van der Waals surface area contributed by atoms with Gasteiger partial charge in [0.05, 0.1) is 16.2 Å². The van der Waals surface area contributed by atoms with Crippen LogP contribution in [0.25, 0.3) is 22.0 Å². The van der Waals surface area contributed by atoms with Crippen molar-refractivity contribution in [2.24, 2.45) is 0 Å². The van der Waals surface area contributed by atoms with Crippen LogP contribution in [0.5, 0.6) is 0 Å². The normalized spacial score (nSPS) is 13.2. The lowest BCUT2D eigenvalue weighted by atomic mass is 9.98. The molecule has 4 nitrogen and oxygen atoms in total. The minimum absolute atomic E-state index is 0.248. The van der Waals surface area contributed by atoms with Crippen LogP contribution in [0.1, 0.15) is 51.0 Å². The number of aryl methyl sites for hydroxylation is 1. The number of halogens is 2. The molecule has 1 aliphatic carbocycles. The Morgan fingerprint density at radius 3 is 2.34 bits per heavy atom. The molecule has 1 saturated carbocycles.